The molecule has 1 atom stereocenters. The van der Waals surface area contributed by atoms with Crippen LogP contribution in [0.5, 0.6) is 0 Å². The minimum atomic E-state index is -0.754. The average molecular weight is 227 g/mol. The highest BCUT2D eigenvalue weighted by Gasteiger charge is 2.33. The molecule has 0 aromatic heterocycles. The van der Waals surface area contributed by atoms with Gasteiger partial charge in [0.05, 0.1) is 5.54 Å². The summed E-state index contributed by atoms with van der Waals surface area (Å²) in [5.74, 6) is 0.0784. The zero-order chi connectivity index (χ0) is 12.3. The van der Waals surface area contributed by atoms with E-state index in [2.05, 4.69) is 18.9 Å². The van der Waals surface area contributed by atoms with Gasteiger partial charge in [-0.05, 0) is 40.3 Å². The van der Waals surface area contributed by atoms with Gasteiger partial charge in [0.1, 0.15) is 0 Å². The number of amides is 1. The zero-order valence-electron chi connectivity index (χ0n) is 11.0. The molecule has 4 heteroatoms. The lowest BCUT2D eigenvalue weighted by Crippen LogP contribution is -2.55. The van der Waals surface area contributed by atoms with E-state index < -0.39 is 5.54 Å². The molecule has 0 aliphatic carbocycles. The third-order valence-corrected chi connectivity index (χ3v) is 3.19. The summed E-state index contributed by atoms with van der Waals surface area (Å²) < 4.78 is 0. The predicted octanol–water partition coefficient (Wildman–Crippen LogP) is 0.666. The third-order valence-electron chi connectivity index (χ3n) is 3.19. The number of hydrogen-bond donors (Lipinski definition) is 1. The van der Waals surface area contributed by atoms with Crippen LogP contribution in [0.1, 0.15) is 33.6 Å². The lowest BCUT2D eigenvalue weighted by molar-refractivity contribution is -0.138. The first kappa shape index (κ1) is 13.5. The Morgan fingerprint density at radius 3 is 2.56 bits per heavy atom. The molecule has 0 aromatic rings. The molecule has 1 saturated heterocycles. The van der Waals surface area contributed by atoms with Gasteiger partial charge in [-0.15, -0.1) is 0 Å². The topological polar surface area (TPSA) is 49.6 Å². The van der Waals surface area contributed by atoms with Crippen LogP contribution >= 0.6 is 0 Å². The maximum Gasteiger partial charge on any atom is 0.242 e. The van der Waals surface area contributed by atoms with Crippen LogP contribution in [0.4, 0.5) is 0 Å². The van der Waals surface area contributed by atoms with Gasteiger partial charge in [-0.3, -0.25) is 4.79 Å². The molecule has 4 nitrogen and oxygen atoms in total. The van der Waals surface area contributed by atoms with Crippen molar-refractivity contribution in [3.8, 4) is 0 Å². The molecular formula is C12H25N3O. The summed E-state index contributed by atoms with van der Waals surface area (Å²) in [6.07, 6.45) is 2.03. The van der Waals surface area contributed by atoms with Gasteiger partial charge in [-0.1, -0.05) is 6.92 Å². The van der Waals surface area contributed by atoms with E-state index in [1.165, 1.54) is 0 Å². The normalized spacial score (nSPS) is 24.3. The smallest absolute Gasteiger partial charge is 0.242 e. The standard InChI is InChI=1S/C12H25N3O/c1-5-10-9-14(4)7-6-8-15(10)11(16)12(2,3)13/h10H,5-9,13H2,1-4H3. The van der Waals surface area contributed by atoms with Gasteiger partial charge in [-0.25, -0.2) is 0 Å². The SMILES string of the molecule is CCC1CN(C)CCCN1C(=O)C(C)(C)N. The fourth-order valence-corrected chi connectivity index (χ4v) is 2.23. The van der Waals surface area contributed by atoms with Gasteiger partial charge in [0.15, 0.2) is 0 Å². The van der Waals surface area contributed by atoms with Crippen LogP contribution in [-0.2, 0) is 4.79 Å². The molecule has 0 bridgehead atoms. The van der Waals surface area contributed by atoms with E-state index in [1.807, 2.05) is 4.90 Å². The number of carbonyl (C=O) groups is 1. The highest BCUT2D eigenvalue weighted by atomic mass is 16.2. The lowest BCUT2D eigenvalue weighted by atomic mass is 10.0. The van der Waals surface area contributed by atoms with Gasteiger partial charge in [-0.2, -0.15) is 0 Å². The molecule has 2 N–H and O–H groups in total. The van der Waals surface area contributed by atoms with Crippen LogP contribution in [0.3, 0.4) is 0 Å². The first-order chi connectivity index (χ1) is 7.36. The average Bonchev–Trinajstić information content (AvgIpc) is 2.36. The van der Waals surface area contributed by atoms with Crippen LogP contribution < -0.4 is 5.73 Å². The van der Waals surface area contributed by atoms with Crippen molar-refractivity contribution in [2.24, 2.45) is 5.73 Å². The molecule has 1 aliphatic heterocycles. The van der Waals surface area contributed by atoms with Gasteiger partial charge >= 0.3 is 0 Å². The number of hydrogen-bond acceptors (Lipinski definition) is 3. The fraction of sp³-hybridized carbons (Fsp3) is 0.917. The number of rotatable bonds is 2. The number of nitrogens with two attached hydrogens (primary N) is 1. The molecule has 0 spiro atoms. The van der Waals surface area contributed by atoms with Crippen molar-refractivity contribution < 1.29 is 4.79 Å². The molecule has 94 valence electrons. The monoisotopic (exact) mass is 227 g/mol. The van der Waals surface area contributed by atoms with E-state index in [1.54, 1.807) is 13.8 Å². The van der Waals surface area contributed by atoms with Crippen molar-refractivity contribution in [1.29, 1.82) is 0 Å². The van der Waals surface area contributed by atoms with Crippen molar-refractivity contribution in [2.45, 2.75) is 45.2 Å². The van der Waals surface area contributed by atoms with Crippen LogP contribution in [0.15, 0.2) is 0 Å². The highest BCUT2D eigenvalue weighted by Crippen LogP contribution is 2.16. The van der Waals surface area contributed by atoms with Crippen LogP contribution in [0.25, 0.3) is 0 Å². The Morgan fingerprint density at radius 2 is 2.06 bits per heavy atom. The Labute approximate surface area is 98.8 Å². The number of likely N-dealkylation sites (N-methyl/N-ethyl adjacent to an activating group) is 1. The Kier molecular flexibility index (Phi) is 4.33. The Bertz CT molecular complexity index is 247. The molecule has 1 rings (SSSR count). The van der Waals surface area contributed by atoms with Crippen molar-refractivity contribution in [3.63, 3.8) is 0 Å². The van der Waals surface area contributed by atoms with Crippen molar-refractivity contribution in [2.75, 3.05) is 26.7 Å². The maximum absolute atomic E-state index is 12.2. The summed E-state index contributed by atoms with van der Waals surface area (Å²) in [5, 5.41) is 0. The largest absolute Gasteiger partial charge is 0.337 e. The highest BCUT2D eigenvalue weighted by molar-refractivity contribution is 5.85. The van der Waals surface area contributed by atoms with E-state index in [0.29, 0.717) is 6.04 Å². The van der Waals surface area contributed by atoms with Gasteiger partial charge < -0.3 is 15.5 Å². The van der Waals surface area contributed by atoms with Crippen LogP contribution in [0.2, 0.25) is 0 Å². The quantitative estimate of drug-likeness (QED) is 0.754. The second-order valence-electron chi connectivity index (χ2n) is 5.40. The fourth-order valence-electron chi connectivity index (χ4n) is 2.23. The maximum atomic E-state index is 12.2. The van der Waals surface area contributed by atoms with Crippen molar-refractivity contribution >= 4 is 5.91 Å². The second-order valence-corrected chi connectivity index (χ2v) is 5.40. The third kappa shape index (κ3) is 3.19. The predicted molar refractivity (Wildman–Crippen MR) is 66.2 cm³/mol. The van der Waals surface area contributed by atoms with E-state index in [9.17, 15) is 4.79 Å². The van der Waals surface area contributed by atoms with Gasteiger partial charge in [0.2, 0.25) is 5.91 Å². The van der Waals surface area contributed by atoms with E-state index in [0.717, 1.165) is 32.5 Å². The van der Waals surface area contributed by atoms with E-state index in [-0.39, 0.29) is 5.91 Å². The first-order valence-corrected chi connectivity index (χ1v) is 6.14. The summed E-state index contributed by atoms with van der Waals surface area (Å²) in [5.41, 5.74) is 5.15. The minimum absolute atomic E-state index is 0.0784. The summed E-state index contributed by atoms with van der Waals surface area (Å²) in [6, 6.07) is 0.308. The minimum Gasteiger partial charge on any atom is -0.337 e. The Balaban J connectivity index is 2.79. The molecule has 1 unspecified atom stereocenters. The molecule has 1 fully saturated rings. The summed E-state index contributed by atoms with van der Waals surface area (Å²) in [4.78, 5) is 16.5. The molecular weight excluding hydrogens is 202 g/mol. The van der Waals surface area contributed by atoms with Gasteiger partial charge in [0.25, 0.3) is 0 Å². The summed E-state index contributed by atoms with van der Waals surface area (Å²) in [7, 11) is 2.12. The summed E-state index contributed by atoms with van der Waals surface area (Å²) in [6.45, 7) is 8.56. The van der Waals surface area contributed by atoms with E-state index >= 15 is 0 Å². The molecule has 16 heavy (non-hydrogen) atoms. The first-order valence-electron chi connectivity index (χ1n) is 6.14. The molecule has 0 saturated carbocycles. The van der Waals surface area contributed by atoms with Gasteiger partial charge in [0, 0.05) is 19.1 Å². The number of nitrogens with zero attached hydrogens (tertiary/aromatic N) is 2. The molecule has 0 radical (unpaired) electrons. The van der Waals surface area contributed by atoms with Crippen LogP contribution in [0, 0.1) is 0 Å². The molecule has 0 aromatic carbocycles. The molecule has 1 aliphatic rings. The molecule has 1 heterocycles. The number of carbonyl (C=O) groups excluding carboxylic acids is 1. The Hall–Kier alpha value is -0.610. The Morgan fingerprint density at radius 1 is 1.44 bits per heavy atom. The summed E-state index contributed by atoms with van der Waals surface area (Å²) >= 11 is 0. The van der Waals surface area contributed by atoms with Crippen molar-refractivity contribution in [1.82, 2.24) is 9.80 Å². The lowest BCUT2D eigenvalue weighted by Gasteiger charge is -2.34. The molecule has 1 amide bonds. The van der Waals surface area contributed by atoms with Crippen molar-refractivity contribution in [3.05, 3.63) is 0 Å². The van der Waals surface area contributed by atoms with E-state index in [4.69, 9.17) is 5.73 Å². The second kappa shape index (κ2) is 5.15. The zero-order valence-corrected chi connectivity index (χ0v) is 11.0. The van der Waals surface area contributed by atoms with Crippen LogP contribution in [-0.4, -0.2) is 54.0 Å².